The van der Waals surface area contributed by atoms with E-state index in [9.17, 15) is 9.59 Å². The molecule has 2 aromatic heterocycles. The number of aryl methyl sites for hydroxylation is 2. The molecule has 2 aliphatic heterocycles. The molecular weight excluding hydrogens is 370 g/mol. The Morgan fingerprint density at radius 2 is 1.97 bits per heavy atom. The summed E-state index contributed by atoms with van der Waals surface area (Å²) in [7, 11) is 0. The third-order valence-electron chi connectivity index (χ3n) is 7.11. The number of amides is 2. The van der Waals surface area contributed by atoms with Gasteiger partial charge in [-0.3, -0.25) is 9.59 Å². The fourth-order valence-corrected chi connectivity index (χ4v) is 5.21. The molecule has 0 atom stereocenters. The zero-order chi connectivity index (χ0) is 20.2. The molecule has 29 heavy (non-hydrogen) atoms. The van der Waals surface area contributed by atoms with Gasteiger partial charge in [-0.1, -0.05) is 11.6 Å². The van der Waals surface area contributed by atoms with Crippen molar-refractivity contribution < 1.29 is 14.1 Å². The summed E-state index contributed by atoms with van der Waals surface area (Å²) in [4.78, 5) is 38.2. The average Bonchev–Trinajstić information content (AvgIpc) is 3.28. The second-order valence-corrected chi connectivity index (χ2v) is 8.62. The summed E-state index contributed by atoms with van der Waals surface area (Å²) < 4.78 is 5.18. The van der Waals surface area contributed by atoms with Gasteiger partial charge >= 0.3 is 0 Å². The monoisotopic (exact) mass is 397 g/mol. The summed E-state index contributed by atoms with van der Waals surface area (Å²) in [6, 6.07) is 0. The molecule has 1 saturated carbocycles. The zero-order valence-corrected chi connectivity index (χ0v) is 17.0. The number of carbonyl (C=O) groups is 2. The van der Waals surface area contributed by atoms with Crippen LogP contribution < -0.4 is 0 Å². The van der Waals surface area contributed by atoms with Crippen molar-refractivity contribution in [3.8, 4) is 0 Å². The van der Waals surface area contributed by atoms with Crippen molar-refractivity contribution in [1.82, 2.24) is 24.9 Å². The minimum absolute atomic E-state index is 0.0361. The zero-order valence-electron chi connectivity index (χ0n) is 17.0. The van der Waals surface area contributed by atoms with E-state index in [4.69, 9.17) is 4.52 Å². The van der Waals surface area contributed by atoms with E-state index in [1.807, 2.05) is 4.90 Å². The van der Waals surface area contributed by atoms with Crippen LogP contribution in [0, 0.1) is 19.8 Å². The number of aromatic amines is 1. The van der Waals surface area contributed by atoms with Gasteiger partial charge in [0.05, 0.1) is 23.3 Å². The van der Waals surface area contributed by atoms with Crippen molar-refractivity contribution in [2.75, 3.05) is 19.6 Å². The van der Waals surface area contributed by atoms with E-state index < -0.39 is 5.54 Å². The third kappa shape index (κ3) is 2.72. The molecule has 0 radical (unpaired) electrons. The standard InChI is InChI=1S/C21H27N5O3/c1-13-17(14(2)29-24-13)20(28)25-10-7-21(8-11-25)18-16(22-12-23-18)6-9-26(21)19(27)15-4-3-5-15/h12,15H,3-11H2,1-2H3,(H,22,23). The molecule has 154 valence electrons. The molecule has 1 spiro atoms. The van der Waals surface area contributed by atoms with Gasteiger partial charge in [0.2, 0.25) is 5.91 Å². The van der Waals surface area contributed by atoms with Gasteiger partial charge in [0.15, 0.2) is 0 Å². The fraction of sp³-hybridized carbons (Fsp3) is 0.619. The Bertz CT molecular complexity index is 930. The van der Waals surface area contributed by atoms with Crippen LogP contribution in [-0.4, -0.2) is 56.4 Å². The number of nitrogens with zero attached hydrogens (tertiary/aromatic N) is 4. The number of fused-ring (bicyclic) bond motifs is 2. The number of aromatic nitrogens is 3. The first-order valence-corrected chi connectivity index (χ1v) is 10.6. The van der Waals surface area contributed by atoms with E-state index in [1.165, 1.54) is 0 Å². The SMILES string of the molecule is Cc1noc(C)c1C(=O)N1CCC2(CC1)c1nc[nH]c1CCN2C(=O)C1CCC1. The number of piperidine rings is 1. The Morgan fingerprint density at radius 1 is 1.21 bits per heavy atom. The molecule has 3 aliphatic rings. The van der Waals surface area contributed by atoms with E-state index in [1.54, 1.807) is 20.2 Å². The third-order valence-corrected chi connectivity index (χ3v) is 7.11. The lowest BCUT2D eigenvalue weighted by molar-refractivity contribution is -0.148. The summed E-state index contributed by atoms with van der Waals surface area (Å²) in [5.74, 6) is 0.956. The number of nitrogens with one attached hydrogen (secondary N) is 1. The molecule has 2 fully saturated rings. The van der Waals surface area contributed by atoms with Crippen molar-refractivity contribution in [2.24, 2.45) is 5.92 Å². The van der Waals surface area contributed by atoms with Crippen LogP contribution in [0.2, 0.25) is 0 Å². The Labute approximate surface area is 169 Å². The average molecular weight is 397 g/mol. The molecular formula is C21H27N5O3. The topological polar surface area (TPSA) is 95.3 Å². The van der Waals surface area contributed by atoms with Crippen LogP contribution in [0.25, 0.3) is 0 Å². The summed E-state index contributed by atoms with van der Waals surface area (Å²) in [6.07, 6.45) is 7.11. The second-order valence-electron chi connectivity index (χ2n) is 8.62. The maximum Gasteiger partial charge on any atom is 0.259 e. The maximum atomic E-state index is 13.3. The van der Waals surface area contributed by atoms with Crippen molar-refractivity contribution in [3.05, 3.63) is 34.7 Å². The highest BCUT2D eigenvalue weighted by Gasteiger charge is 2.50. The Kier molecular flexibility index (Phi) is 4.26. The first-order chi connectivity index (χ1) is 14.0. The van der Waals surface area contributed by atoms with E-state index in [0.717, 1.165) is 43.6 Å². The molecule has 2 amide bonds. The van der Waals surface area contributed by atoms with Crippen molar-refractivity contribution in [2.45, 2.75) is 57.9 Å². The van der Waals surface area contributed by atoms with Crippen LogP contribution in [0.5, 0.6) is 0 Å². The van der Waals surface area contributed by atoms with Crippen LogP contribution in [0.3, 0.4) is 0 Å². The predicted molar refractivity (Wildman–Crippen MR) is 104 cm³/mol. The number of hydrogen-bond acceptors (Lipinski definition) is 5. The summed E-state index contributed by atoms with van der Waals surface area (Å²) in [6.45, 7) is 5.47. The molecule has 0 bridgehead atoms. The second kappa shape index (κ2) is 6.71. The van der Waals surface area contributed by atoms with Crippen LogP contribution in [0.4, 0.5) is 0 Å². The molecule has 5 rings (SSSR count). The summed E-state index contributed by atoms with van der Waals surface area (Å²) in [5.41, 5.74) is 2.92. The largest absolute Gasteiger partial charge is 0.361 e. The van der Waals surface area contributed by atoms with Crippen LogP contribution >= 0.6 is 0 Å². The van der Waals surface area contributed by atoms with E-state index >= 15 is 0 Å². The molecule has 1 aliphatic carbocycles. The summed E-state index contributed by atoms with van der Waals surface area (Å²) in [5, 5.41) is 3.92. The molecule has 1 saturated heterocycles. The highest BCUT2D eigenvalue weighted by molar-refractivity contribution is 5.96. The van der Waals surface area contributed by atoms with Crippen LogP contribution in [0.15, 0.2) is 10.9 Å². The van der Waals surface area contributed by atoms with Gasteiger partial charge in [-0.15, -0.1) is 0 Å². The van der Waals surface area contributed by atoms with E-state index in [2.05, 4.69) is 20.0 Å². The van der Waals surface area contributed by atoms with Gasteiger partial charge in [0.25, 0.3) is 5.91 Å². The summed E-state index contributed by atoms with van der Waals surface area (Å²) >= 11 is 0. The Hall–Kier alpha value is -2.64. The molecule has 1 N–H and O–H groups in total. The number of H-pyrrole nitrogens is 1. The minimum Gasteiger partial charge on any atom is -0.361 e. The first kappa shape index (κ1) is 18.4. The van der Waals surface area contributed by atoms with Gasteiger partial charge < -0.3 is 19.3 Å². The number of hydrogen-bond donors (Lipinski definition) is 1. The molecule has 2 aromatic rings. The number of carbonyl (C=O) groups excluding carboxylic acids is 2. The van der Waals surface area contributed by atoms with Crippen LogP contribution in [0.1, 0.15) is 65.3 Å². The highest BCUT2D eigenvalue weighted by atomic mass is 16.5. The smallest absolute Gasteiger partial charge is 0.259 e. The first-order valence-electron chi connectivity index (χ1n) is 10.6. The molecule has 8 nitrogen and oxygen atoms in total. The van der Waals surface area contributed by atoms with Gasteiger partial charge in [-0.25, -0.2) is 4.98 Å². The van der Waals surface area contributed by atoms with Gasteiger partial charge in [-0.05, 0) is 39.5 Å². The maximum absolute atomic E-state index is 13.3. The van der Waals surface area contributed by atoms with E-state index in [-0.39, 0.29) is 17.7 Å². The Balaban J connectivity index is 1.42. The van der Waals surface area contributed by atoms with Crippen molar-refractivity contribution in [3.63, 3.8) is 0 Å². The lowest BCUT2D eigenvalue weighted by Crippen LogP contribution is -2.60. The number of imidazole rings is 1. The van der Waals surface area contributed by atoms with Crippen molar-refractivity contribution in [1.29, 1.82) is 0 Å². The van der Waals surface area contributed by atoms with Gasteiger partial charge in [-0.2, -0.15) is 0 Å². The predicted octanol–water partition coefficient (Wildman–Crippen LogP) is 2.33. The lowest BCUT2D eigenvalue weighted by Gasteiger charge is -2.51. The highest BCUT2D eigenvalue weighted by Crippen LogP contribution is 2.44. The fourth-order valence-electron chi connectivity index (χ4n) is 5.21. The molecule has 0 aromatic carbocycles. The number of likely N-dealkylation sites (tertiary alicyclic amines) is 1. The minimum atomic E-state index is -0.407. The Morgan fingerprint density at radius 3 is 2.59 bits per heavy atom. The quantitative estimate of drug-likeness (QED) is 0.839. The molecule has 4 heterocycles. The lowest BCUT2D eigenvalue weighted by atomic mass is 9.76. The molecule has 8 heteroatoms. The normalized spacial score (nSPS) is 21.2. The molecule has 0 unspecified atom stereocenters. The number of rotatable bonds is 2. The van der Waals surface area contributed by atoms with E-state index in [0.29, 0.717) is 42.9 Å². The van der Waals surface area contributed by atoms with Crippen LogP contribution in [-0.2, 0) is 16.8 Å². The van der Waals surface area contributed by atoms with Crippen molar-refractivity contribution >= 4 is 11.8 Å². The van der Waals surface area contributed by atoms with Gasteiger partial charge in [0, 0.05) is 37.7 Å². The van der Waals surface area contributed by atoms with Gasteiger partial charge in [0.1, 0.15) is 11.3 Å².